The molecule has 4 rings (SSSR count). The highest BCUT2D eigenvalue weighted by Gasteiger charge is 2.45. The summed E-state index contributed by atoms with van der Waals surface area (Å²) < 4.78 is 14.1. The molecule has 0 N–H and O–H groups in total. The molecule has 24 heavy (non-hydrogen) atoms. The molecule has 0 radical (unpaired) electrons. The van der Waals surface area contributed by atoms with Crippen LogP contribution < -0.4 is 0 Å². The Morgan fingerprint density at radius 3 is 2.83 bits per heavy atom. The molecule has 2 saturated heterocycles. The molecule has 1 saturated carbocycles. The van der Waals surface area contributed by atoms with Crippen molar-refractivity contribution < 1.29 is 9.47 Å². The molecule has 1 aromatic heterocycles. The first-order valence-corrected chi connectivity index (χ1v) is 9.65. The topological polar surface area (TPSA) is 39.5 Å². The molecule has 1 atom stereocenters. The Hall–Kier alpha value is -0.910. The van der Waals surface area contributed by atoms with Crippen molar-refractivity contribution in [3.63, 3.8) is 0 Å². The van der Waals surface area contributed by atoms with Crippen LogP contribution in [0.15, 0.2) is 12.4 Å². The predicted molar refractivity (Wildman–Crippen MR) is 92.7 cm³/mol. The first-order valence-electron chi connectivity index (χ1n) is 9.65. The molecule has 5 heteroatoms. The van der Waals surface area contributed by atoms with Gasteiger partial charge in [0, 0.05) is 58.3 Å². The van der Waals surface area contributed by atoms with E-state index in [0.717, 1.165) is 45.4 Å². The van der Waals surface area contributed by atoms with Crippen LogP contribution in [0, 0.1) is 11.8 Å². The number of hydrogen-bond donors (Lipinski definition) is 0. The molecule has 3 heterocycles. The summed E-state index contributed by atoms with van der Waals surface area (Å²) in [5.74, 6) is 1.56. The first-order chi connectivity index (χ1) is 11.7. The van der Waals surface area contributed by atoms with E-state index in [9.17, 15) is 0 Å². The van der Waals surface area contributed by atoms with Crippen LogP contribution in [-0.4, -0.2) is 53.2 Å². The zero-order chi connectivity index (χ0) is 16.4. The summed E-state index contributed by atoms with van der Waals surface area (Å²) >= 11 is 0. The molecule has 0 bridgehead atoms. The van der Waals surface area contributed by atoms with Crippen molar-refractivity contribution in [2.45, 2.75) is 50.7 Å². The number of nitrogens with zero attached hydrogens (tertiary/aromatic N) is 3. The fraction of sp³-hybridized carbons (Fsp3) is 0.842. The SMILES string of the molecule is Cn1cc(CN2CCC3(CC2)OCC[C@@H]3CCOCC2CC2)cn1. The molecule has 1 aliphatic carbocycles. The van der Waals surface area contributed by atoms with Gasteiger partial charge < -0.3 is 9.47 Å². The second-order valence-corrected chi connectivity index (χ2v) is 8.00. The Kier molecular flexibility index (Phi) is 4.93. The molecule has 134 valence electrons. The van der Waals surface area contributed by atoms with E-state index in [0.29, 0.717) is 5.92 Å². The fourth-order valence-electron chi connectivity index (χ4n) is 4.41. The van der Waals surface area contributed by atoms with Gasteiger partial charge in [-0.1, -0.05) is 0 Å². The molecular weight excluding hydrogens is 302 g/mol. The van der Waals surface area contributed by atoms with Crippen LogP contribution in [0.4, 0.5) is 0 Å². The minimum absolute atomic E-state index is 0.133. The zero-order valence-corrected chi connectivity index (χ0v) is 15.0. The lowest BCUT2D eigenvalue weighted by Gasteiger charge is -2.42. The lowest BCUT2D eigenvalue weighted by molar-refractivity contribution is -0.0731. The van der Waals surface area contributed by atoms with E-state index in [1.165, 1.54) is 44.1 Å². The van der Waals surface area contributed by atoms with Gasteiger partial charge in [-0.25, -0.2) is 0 Å². The maximum absolute atomic E-state index is 6.29. The quantitative estimate of drug-likeness (QED) is 0.719. The van der Waals surface area contributed by atoms with E-state index in [1.807, 2.05) is 17.9 Å². The van der Waals surface area contributed by atoms with Gasteiger partial charge in [0.1, 0.15) is 0 Å². The Bertz CT molecular complexity index is 532. The molecule has 1 aromatic rings. The molecule has 0 unspecified atom stereocenters. The molecular formula is C19H31N3O2. The van der Waals surface area contributed by atoms with Gasteiger partial charge in [-0.05, 0) is 50.4 Å². The van der Waals surface area contributed by atoms with Crippen LogP contribution in [0.2, 0.25) is 0 Å². The van der Waals surface area contributed by atoms with Crippen molar-refractivity contribution in [2.24, 2.45) is 18.9 Å². The minimum atomic E-state index is 0.133. The summed E-state index contributed by atoms with van der Waals surface area (Å²) in [5.41, 5.74) is 1.44. The second kappa shape index (κ2) is 7.14. The smallest absolute Gasteiger partial charge is 0.0736 e. The summed E-state index contributed by atoms with van der Waals surface area (Å²) in [7, 11) is 1.98. The fourth-order valence-corrected chi connectivity index (χ4v) is 4.41. The number of aryl methyl sites for hydroxylation is 1. The van der Waals surface area contributed by atoms with Gasteiger partial charge >= 0.3 is 0 Å². The molecule has 3 fully saturated rings. The zero-order valence-electron chi connectivity index (χ0n) is 15.0. The van der Waals surface area contributed by atoms with Gasteiger partial charge in [-0.15, -0.1) is 0 Å². The standard InChI is InChI=1S/C19H31N3O2/c1-21-13-17(12-20-21)14-22-8-6-19(7-9-22)18(5-11-24-19)4-10-23-15-16-2-3-16/h12-13,16,18H,2-11,14-15H2,1H3/t18-/m0/s1. The Balaban J connectivity index is 1.24. The van der Waals surface area contributed by atoms with Gasteiger partial charge in [0.05, 0.1) is 11.8 Å². The third-order valence-electron chi connectivity index (χ3n) is 6.13. The molecule has 1 spiro atoms. The van der Waals surface area contributed by atoms with Crippen molar-refractivity contribution in [3.8, 4) is 0 Å². The summed E-state index contributed by atoms with van der Waals surface area (Å²) in [6.45, 7) is 6.13. The number of piperidine rings is 1. The van der Waals surface area contributed by atoms with Crippen LogP contribution in [0.3, 0.4) is 0 Å². The van der Waals surface area contributed by atoms with E-state index < -0.39 is 0 Å². The summed E-state index contributed by atoms with van der Waals surface area (Å²) in [6, 6.07) is 0. The lowest BCUT2D eigenvalue weighted by Crippen LogP contribution is -2.47. The number of aromatic nitrogens is 2. The van der Waals surface area contributed by atoms with Gasteiger partial charge in [0.25, 0.3) is 0 Å². The minimum Gasteiger partial charge on any atom is -0.381 e. The van der Waals surface area contributed by atoms with E-state index in [1.54, 1.807) is 0 Å². The molecule has 3 aliphatic rings. The number of rotatable bonds is 7. The van der Waals surface area contributed by atoms with Gasteiger partial charge in [0.15, 0.2) is 0 Å². The van der Waals surface area contributed by atoms with Crippen LogP contribution in [0.1, 0.15) is 44.1 Å². The third-order valence-corrected chi connectivity index (χ3v) is 6.13. The van der Waals surface area contributed by atoms with Crippen molar-refractivity contribution >= 4 is 0 Å². The number of hydrogen-bond acceptors (Lipinski definition) is 4. The monoisotopic (exact) mass is 333 g/mol. The van der Waals surface area contributed by atoms with Crippen molar-refractivity contribution in [3.05, 3.63) is 18.0 Å². The summed E-state index contributed by atoms with van der Waals surface area (Å²) in [6.07, 6.45) is 11.6. The lowest BCUT2D eigenvalue weighted by atomic mass is 9.78. The molecule has 5 nitrogen and oxygen atoms in total. The normalized spacial score (nSPS) is 27.1. The predicted octanol–water partition coefficient (Wildman–Crippen LogP) is 2.61. The van der Waals surface area contributed by atoms with Gasteiger partial charge in [-0.2, -0.15) is 5.10 Å². The number of likely N-dealkylation sites (tertiary alicyclic amines) is 1. The number of ether oxygens (including phenoxy) is 2. The van der Waals surface area contributed by atoms with Crippen LogP contribution in [-0.2, 0) is 23.1 Å². The van der Waals surface area contributed by atoms with E-state index in [-0.39, 0.29) is 5.60 Å². The second-order valence-electron chi connectivity index (χ2n) is 8.00. The third kappa shape index (κ3) is 3.84. The van der Waals surface area contributed by atoms with Gasteiger partial charge in [0.2, 0.25) is 0 Å². The molecule has 2 aliphatic heterocycles. The van der Waals surface area contributed by atoms with E-state index >= 15 is 0 Å². The van der Waals surface area contributed by atoms with Gasteiger partial charge in [-0.3, -0.25) is 9.58 Å². The van der Waals surface area contributed by atoms with Crippen molar-refractivity contribution in [2.75, 3.05) is 32.9 Å². The van der Waals surface area contributed by atoms with Crippen LogP contribution >= 0.6 is 0 Å². The largest absolute Gasteiger partial charge is 0.381 e. The Labute approximate surface area is 145 Å². The molecule has 0 aromatic carbocycles. The summed E-state index contributed by atoms with van der Waals surface area (Å²) in [4.78, 5) is 2.55. The maximum atomic E-state index is 6.29. The summed E-state index contributed by atoms with van der Waals surface area (Å²) in [5, 5.41) is 4.28. The van der Waals surface area contributed by atoms with Crippen LogP contribution in [0.25, 0.3) is 0 Å². The average Bonchev–Trinajstić information content (AvgIpc) is 3.21. The van der Waals surface area contributed by atoms with E-state index in [4.69, 9.17) is 9.47 Å². The Morgan fingerprint density at radius 2 is 2.12 bits per heavy atom. The maximum Gasteiger partial charge on any atom is 0.0736 e. The molecule has 0 amide bonds. The van der Waals surface area contributed by atoms with Crippen LogP contribution in [0.5, 0.6) is 0 Å². The highest BCUT2D eigenvalue weighted by Crippen LogP contribution is 2.42. The highest BCUT2D eigenvalue weighted by atomic mass is 16.5. The van der Waals surface area contributed by atoms with Crippen molar-refractivity contribution in [1.29, 1.82) is 0 Å². The highest BCUT2D eigenvalue weighted by molar-refractivity contribution is 5.05. The van der Waals surface area contributed by atoms with E-state index in [2.05, 4.69) is 16.2 Å². The Morgan fingerprint density at radius 1 is 1.29 bits per heavy atom. The average molecular weight is 333 g/mol. The van der Waals surface area contributed by atoms with Crippen molar-refractivity contribution in [1.82, 2.24) is 14.7 Å². The first kappa shape index (κ1) is 16.6.